The van der Waals surface area contributed by atoms with Crippen molar-refractivity contribution < 1.29 is 14.7 Å². The minimum absolute atomic E-state index is 0.000825. The number of hydrogen-bond acceptors (Lipinski definition) is 5. The molecule has 194 valence electrons. The van der Waals surface area contributed by atoms with E-state index in [1.165, 1.54) is 38.3 Å². The molecule has 0 atom stereocenters. The highest BCUT2D eigenvalue weighted by atomic mass is 16.3. The van der Waals surface area contributed by atoms with Crippen LogP contribution in [0.25, 0.3) is 22.3 Å². The third-order valence-electron chi connectivity index (χ3n) is 5.85. The van der Waals surface area contributed by atoms with Gasteiger partial charge in [-0.2, -0.15) is 0 Å². The molecule has 0 unspecified atom stereocenters. The number of carbonyl (C=O) groups excluding carboxylic acids is 2. The van der Waals surface area contributed by atoms with Crippen molar-refractivity contribution in [1.29, 1.82) is 0 Å². The molecule has 0 amide bonds. The predicted molar refractivity (Wildman–Crippen MR) is 153 cm³/mol. The van der Waals surface area contributed by atoms with Gasteiger partial charge in [0, 0.05) is 29.9 Å². The Hall–Kier alpha value is -3.44. The van der Waals surface area contributed by atoms with Crippen molar-refractivity contribution in [2.75, 3.05) is 25.0 Å². The fraction of sp³-hybridized carbons (Fsp3) is 0.355. The standard InChI is InChI=1S/C26H27NO2.C3H8.CH5N.CH2O/c1-18-8-4-5-9-22(18)20-10-12-23(19(2)28)24(16-20)25-17-21(11-13-26(25)29)27-14-6-3-7-15-27;1-3-2;2*1-2/h4-5,8-13,16-17,29H,3,6-7,14-15H2,1-2H3;3H2,1-2H3;2H2,1H3;1H2. The summed E-state index contributed by atoms with van der Waals surface area (Å²) in [6, 6.07) is 19.9. The molecule has 1 saturated heterocycles. The molecule has 5 nitrogen and oxygen atoms in total. The summed E-state index contributed by atoms with van der Waals surface area (Å²) in [5, 5.41) is 10.7. The lowest BCUT2D eigenvalue weighted by Gasteiger charge is -2.29. The lowest BCUT2D eigenvalue weighted by atomic mass is 9.91. The molecule has 36 heavy (non-hydrogen) atoms. The first kappa shape index (κ1) is 30.6. The number of anilines is 1. The first-order valence-corrected chi connectivity index (χ1v) is 12.6. The number of aryl methyl sites for hydroxylation is 1. The third kappa shape index (κ3) is 8.06. The van der Waals surface area contributed by atoms with Crippen LogP contribution in [0, 0.1) is 6.92 Å². The molecule has 0 spiro atoms. The first-order chi connectivity index (χ1) is 17.5. The zero-order chi connectivity index (χ0) is 27.1. The van der Waals surface area contributed by atoms with Crippen LogP contribution in [0.15, 0.2) is 60.7 Å². The maximum Gasteiger partial charge on any atom is 0.160 e. The summed E-state index contributed by atoms with van der Waals surface area (Å²) in [4.78, 5) is 22.7. The van der Waals surface area contributed by atoms with Gasteiger partial charge in [-0.25, -0.2) is 0 Å². The molecule has 0 aliphatic carbocycles. The number of phenols is 1. The van der Waals surface area contributed by atoms with Crippen molar-refractivity contribution in [2.45, 2.75) is 53.4 Å². The number of aromatic hydroxyl groups is 1. The highest BCUT2D eigenvalue weighted by Gasteiger charge is 2.18. The molecule has 0 saturated carbocycles. The van der Waals surface area contributed by atoms with Gasteiger partial charge in [0.2, 0.25) is 0 Å². The molecule has 0 radical (unpaired) electrons. The molecule has 1 aliphatic rings. The number of ketones is 1. The van der Waals surface area contributed by atoms with Crippen molar-refractivity contribution in [2.24, 2.45) is 5.73 Å². The number of piperidine rings is 1. The van der Waals surface area contributed by atoms with Crippen molar-refractivity contribution in [3.63, 3.8) is 0 Å². The summed E-state index contributed by atoms with van der Waals surface area (Å²) in [5.41, 5.74) is 11.1. The van der Waals surface area contributed by atoms with Crippen LogP contribution >= 0.6 is 0 Å². The quantitative estimate of drug-likeness (QED) is 0.383. The van der Waals surface area contributed by atoms with E-state index in [1.54, 1.807) is 13.0 Å². The topological polar surface area (TPSA) is 83.6 Å². The highest BCUT2D eigenvalue weighted by molar-refractivity contribution is 6.02. The monoisotopic (exact) mass is 490 g/mol. The number of phenolic OH excluding ortho intramolecular Hbond substituents is 1. The molecule has 4 rings (SSSR count). The van der Waals surface area contributed by atoms with E-state index in [1.807, 2.05) is 49.3 Å². The summed E-state index contributed by atoms with van der Waals surface area (Å²) in [6.45, 7) is 12.0. The maximum atomic E-state index is 12.4. The Morgan fingerprint density at radius 2 is 1.50 bits per heavy atom. The number of hydrogen-bond donors (Lipinski definition) is 2. The van der Waals surface area contributed by atoms with Gasteiger partial charge in [0.05, 0.1) is 0 Å². The van der Waals surface area contributed by atoms with Crippen LogP contribution in [0.3, 0.4) is 0 Å². The molecular formula is C31H42N2O3. The number of carbonyl (C=O) groups is 2. The highest BCUT2D eigenvalue weighted by Crippen LogP contribution is 2.38. The summed E-state index contributed by atoms with van der Waals surface area (Å²) in [7, 11) is 1.50. The van der Waals surface area contributed by atoms with Crippen molar-refractivity contribution >= 4 is 18.3 Å². The van der Waals surface area contributed by atoms with Crippen molar-refractivity contribution in [3.8, 4) is 28.0 Å². The molecule has 3 N–H and O–H groups in total. The van der Waals surface area contributed by atoms with Crippen LogP contribution in [0.2, 0.25) is 0 Å². The molecule has 0 aromatic heterocycles. The number of Topliss-reactive ketones (excluding diaryl/α,β-unsaturated/α-hetero) is 1. The van der Waals surface area contributed by atoms with Gasteiger partial charge < -0.3 is 20.5 Å². The summed E-state index contributed by atoms with van der Waals surface area (Å²) < 4.78 is 0. The van der Waals surface area contributed by atoms with Gasteiger partial charge in [-0.05, 0) is 86.7 Å². The number of nitrogens with zero attached hydrogens (tertiary/aromatic N) is 1. The summed E-state index contributed by atoms with van der Waals surface area (Å²) in [6.07, 6.45) is 4.91. The fourth-order valence-electron chi connectivity index (χ4n) is 4.23. The number of rotatable bonds is 4. The molecular weight excluding hydrogens is 448 g/mol. The van der Waals surface area contributed by atoms with Crippen molar-refractivity contribution in [1.82, 2.24) is 0 Å². The Bertz CT molecular complexity index is 1090. The minimum atomic E-state index is -0.000825. The van der Waals surface area contributed by atoms with Gasteiger partial charge in [0.25, 0.3) is 0 Å². The van der Waals surface area contributed by atoms with Crippen LogP contribution in [0.1, 0.15) is 62.4 Å². The molecule has 3 aromatic rings. The van der Waals surface area contributed by atoms with E-state index >= 15 is 0 Å². The first-order valence-electron chi connectivity index (χ1n) is 12.6. The Morgan fingerprint density at radius 1 is 0.889 bits per heavy atom. The normalized spacial score (nSPS) is 12.1. The Kier molecular flexibility index (Phi) is 13.8. The average molecular weight is 491 g/mol. The zero-order valence-electron chi connectivity index (χ0n) is 22.5. The number of benzene rings is 3. The van der Waals surface area contributed by atoms with Crippen LogP contribution in [0.4, 0.5) is 5.69 Å². The predicted octanol–water partition coefficient (Wildman–Crippen LogP) is 7.03. The summed E-state index contributed by atoms with van der Waals surface area (Å²) >= 11 is 0. The molecule has 1 heterocycles. The van der Waals surface area contributed by atoms with Crippen LogP contribution in [-0.2, 0) is 4.79 Å². The zero-order valence-corrected chi connectivity index (χ0v) is 22.5. The van der Waals surface area contributed by atoms with Crippen molar-refractivity contribution in [3.05, 3.63) is 71.8 Å². The molecule has 1 aliphatic heterocycles. The third-order valence-corrected chi connectivity index (χ3v) is 5.85. The Labute approximate surface area is 217 Å². The molecule has 0 bridgehead atoms. The lowest BCUT2D eigenvalue weighted by Crippen LogP contribution is -2.29. The van der Waals surface area contributed by atoms with Gasteiger partial charge in [0.15, 0.2) is 5.78 Å². The van der Waals surface area contributed by atoms with Gasteiger partial charge in [-0.1, -0.05) is 56.7 Å². The maximum absolute atomic E-state index is 12.4. The van der Waals surface area contributed by atoms with Gasteiger partial charge >= 0.3 is 0 Å². The Morgan fingerprint density at radius 3 is 2.08 bits per heavy atom. The fourth-order valence-corrected chi connectivity index (χ4v) is 4.23. The Balaban J connectivity index is 0.000000844. The van der Waals surface area contributed by atoms with E-state index in [2.05, 4.69) is 43.5 Å². The van der Waals surface area contributed by atoms with E-state index in [4.69, 9.17) is 4.79 Å². The minimum Gasteiger partial charge on any atom is -0.507 e. The van der Waals surface area contributed by atoms with Gasteiger partial charge in [-0.3, -0.25) is 4.79 Å². The molecule has 3 aromatic carbocycles. The number of nitrogens with two attached hydrogens (primary N) is 1. The average Bonchev–Trinajstić information content (AvgIpc) is 2.92. The van der Waals surface area contributed by atoms with Gasteiger partial charge in [-0.15, -0.1) is 0 Å². The molecule has 1 fully saturated rings. The van der Waals surface area contributed by atoms with Crippen LogP contribution in [0.5, 0.6) is 5.75 Å². The molecule has 5 heteroatoms. The van der Waals surface area contributed by atoms with Crippen LogP contribution in [-0.4, -0.2) is 37.8 Å². The van der Waals surface area contributed by atoms with E-state index in [0.29, 0.717) is 11.1 Å². The smallest absolute Gasteiger partial charge is 0.160 e. The van der Waals surface area contributed by atoms with E-state index in [-0.39, 0.29) is 11.5 Å². The second-order valence-corrected chi connectivity index (χ2v) is 8.59. The van der Waals surface area contributed by atoms with Crippen LogP contribution < -0.4 is 10.6 Å². The SMILES string of the molecule is C=O.CC(=O)c1ccc(-c2ccccc2C)cc1-c1cc(N2CCCCC2)ccc1O.CCC.CN. The second-order valence-electron chi connectivity index (χ2n) is 8.59. The van der Waals surface area contributed by atoms with E-state index < -0.39 is 0 Å². The summed E-state index contributed by atoms with van der Waals surface area (Å²) in [5.74, 6) is 0.203. The lowest BCUT2D eigenvalue weighted by molar-refractivity contribution is -0.0980. The second kappa shape index (κ2) is 16.3. The van der Waals surface area contributed by atoms with E-state index in [9.17, 15) is 9.90 Å². The largest absolute Gasteiger partial charge is 0.507 e. The van der Waals surface area contributed by atoms with Gasteiger partial charge in [0.1, 0.15) is 12.5 Å². The van der Waals surface area contributed by atoms with E-state index in [0.717, 1.165) is 35.5 Å².